The van der Waals surface area contributed by atoms with Crippen LogP contribution in [0.5, 0.6) is 0 Å². The van der Waals surface area contributed by atoms with Crippen molar-refractivity contribution in [1.82, 2.24) is 10.2 Å². The number of nitrogens with one attached hydrogen (secondary N) is 1. The van der Waals surface area contributed by atoms with Crippen LogP contribution in [0.2, 0.25) is 0 Å². The minimum atomic E-state index is -0.408. The van der Waals surface area contributed by atoms with Gasteiger partial charge in [0.15, 0.2) is 0 Å². The van der Waals surface area contributed by atoms with E-state index in [0.29, 0.717) is 12.1 Å². The van der Waals surface area contributed by atoms with Crippen LogP contribution in [-0.4, -0.2) is 30.4 Å². The van der Waals surface area contributed by atoms with Crippen LogP contribution in [0.1, 0.15) is 35.0 Å². The first-order valence-corrected chi connectivity index (χ1v) is 7.55. The molecule has 1 fully saturated rings. The number of furan rings is 1. The number of carbonyl (C=O) groups excluding carboxylic acids is 1. The van der Waals surface area contributed by atoms with Gasteiger partial charge in [-0.15, -0.1) is 0 Å². The van der Waals surface area contributed by atoms with Gasteiger partial charge >= 0.3 is 0 Å². The minimum Gasteiger partial charge on any atom is -0.468 e. The van der Waals surface area contributed by atoms with Crippen molar-refractivity contribution < 1.29 is 13.6 Å². The highest BCUT2D eigenvalue weighted by Crippen LogP contribution is 2.24. The molecule has 1 atom stereocenters. The normalized spacial score (nSPS) is 16.6. The Hall–Kier alpha value is -2.14. The second kappa shape index (κ2) is 6.75. The summed E-state index contributed by atoms with van der Waals surface area (Å²) in [5.74, 6) is 0.173. The van der Waals surface area contributed by atoms with Crippen molar-refractivity contribution in [3.8, 4) is 0 Å². The lowest BCUT2D eigenvalue weighted by atomic mass is 10.1. The van der Waals surface area contributed by atoms with Crippen LogP contribution in [0.15, 0.2) is 47.1 Å². The number of halogens is 1. The molecule has 4 nitrogen and oxygen atoms in total. The van der Waals surface area contributed by atoms with Crippen LogP contribution in [-0.2, 0) is 0 Å². The Morgan fingerprint density at radius 3 is 2.77 bits per heavy atom. The Morgan fingerprint density at radius 1 is 1.27 bits per heavy atom. The first kappa shape index (κ1) is 14.8. The molecule has 0 radical (unpaired) electrons. The molecule has 0 spiro atoms. The summed E-state index contributed by atoms with van der Waals surface area (Å²) in [5.41, 5.74) is 0.333. The van der Waals surface area contributed by atoms with Crippen molar-refractivity contribution in [2.24, 2.45) is 0 Å². The third-order valence-electron chi connectivity index (χ3n) is 4.00. The fraction of sp³-hybridized carbons (Fsp3) is 0.353. The van der Waals surface area contributed by atoms with E-state index in [1.165, 1.54) is 18.2 Å². The molecular formula is C17H19FN2O2. The molecule has 2 heterocycles. The molecular weight excluding hydrogens is 283 g/mol. The molecule has 1 saturated heterocycles. The van der Waals surface area contributed by atoms with Crippen LogP contribution in [0, 0.1) is 5.82 Å². The number of nitrogens with zero attached hydrogens (tertiary/aromatic N) is 1. The summed E-state index contributed by atoms with van der Waals surface area (Å²) in [4.78, 5) is 14.5. The topological polar surface area (TPSA) is 45.5 Å². The summed E-state index contributed by atoms with van der Waals surface area (Å²) < 4.78 is 18.7. The fourth-order valence-corrected chi connectivity index (χ4v) is 2.86. The average Bonchev–Trinajstić information content (AvgIpc) is 3.21. The summed E-state index contributed by atoms with van der Waals surface area (Å²) in [7, 11) is 0. The number of amides is 1. The average molecular weight is 302 g/mol. The van der Waals surface area contributed by atoms with Gasteiger partial charge in [-0.25, -0.2) is 4.39 Å². The molecule has 1 unspecified atom stereocenters. The first-order valence-electron chi connectivity index (χ1n) is 7.55. The highest BCUT2D eigenvalue weighted by atomic mass is 19.1. The van der Waals surface area contributed by atoms with Crippen LogP contribution in [0.3, 0.4) is 0 Å². The predicted octanol–water partition coefficient (Wildman–Crippen LogP) is 2.99. The van der Waals surface area contributed by atoms with Gasteiger partial charge in [0.05, 0.1) is 12.3 Å². The van der Waals surface area contributed by atoms with E-state index in [9.17, 15) is 9.18 Å². The van der Waals surface area contributed by atoms with Crippen molar-refractivity contribution in [3.05, 3.63) is 59.8 Å². The van der Waals surface area contributed by atoms with Crippen LogP contribution in [0.4, 0.5) is 4.39 Å². The fourth-order valence-electron chi connectivity index (χ4n) is 2.86. The Bertz CT molecular complexity index is 621. The second-order valence-electron chi connectivity index (χ2n) is 5.49. The Kier molecular flexibility index (Phi) is 4.53. The highest BCUT2D eigenvalue weighted by Gasteiger charge is 2.26. The maximum atomic E-state index is 13.2. The standard InChI is InChI=1S/C17H19FN2O2/c18-14-6-3-5-13(11-14)17(21)19-12-15(16-7-4-10-22-16)20-8-1-2-9-20/h3-7,10-11,15H,1-2,8-9,12H2,(H,19,21). The van der Waals surface area contributed by atoms with Crippen molar-refractivity contribution >= 4 is 5.91 Å². The summed E-state index contributed by atoms with van der Waals surface area (Å²) in [6.45, 7) is 2.45. The zero-order chi connectivity index (χ0) is 15.4. The van der Waals surface area contributed by atoms with Gasteiger partial charge < -0.3 is 9.73 Å². The van der Waals surface area contributed by atoms with E-state index in [2.05, 4.69) is 10.2 Å². The van der Waals surface area contributed by atoms with Gasteiger partial charge in [-0.05, 0) is 56.3 Å². The molecule has 1 N–H and O–H groups in total. The number of hydrogen-bond donors (Lipinski definition) is 1. The molecule has 0 bridgehead atoms. The van der Waals surface area contributed by atoms with E-state index in [4.69, 9.17) is 4.42 Å². The Morgan fingerprint density at radius 2 is 2.09 bits per heavy atom. The molecule has 3 rings (SSSR count). The van der Waals surface area contributed by atoms with Crippen molar-refractivity contribution in [1.29, 1.82) is 0 Å². The summed E-state index contributed by atoms with van der Waals surface area (Å²) in [5, 5.41) is 2.88. The molecule has 1 amide bonds. The molecule has 1 aliphatic rings. The van der Waals surface area contributed by atoms with Gasteiger partial charge in [0.2, 0.25) is 0 Å². The number of rotatable bonds is 5. The van der Waals surface area contributed by atoms with Crippen molar-refractivity contribution in [2.75, 3.05) is 19.6 Å². The highest BCUT2D eigenvalue weighted by molar-refractivity contribution is 5.94. The van der Waals surface area contributed by atoms with Gasteiger partial charge in [-0.1, -0.05) is 6.07 Å². The zero-order valence-electron chi connectivity index (χ0n) is 12.3. The summed E-state index contributed by atoms with van der Waals surface area (Å²) in [6.07, 6.45) is 3.97. The lowest BCUT2D eigenvalue weighted by molar-refractivity contribution is 0.0933. The molecule has 1 aromatic heterocycles. The maximum Gasteiger partial charge on any atom is 0.251 e. The molecule has 1 aliphatic heterocycles. The third-order valence-corrected chi connectivity index (χ3v) is 4.00. The second-order valence-corrected chi connectivity index (χ2v) is 5.49. The van der Waals surface area contributed by atoms with Crippen molar-refractivity contribution in [2.45, 2.75) is 18.9 Å². The molecule has 1 aromatic carbocycles. The van der Waals surface area contributed by atoms with Gasteiger partial charge in [-0.3, -0.25) is 9.69 Å². The van der Waals surface area contributed by atoms with E-state index in [-0.39, 0.29) is 11.9 Å². The maximum absolute atomic E-state index is 13.2. The van der Waals surface area contributed by atoms with Crippen LogP contribution < -0.4 is 5.32 Å². The molecule has 0 aliphatic carbocycles. The quantitative estimate of drug-likeness (QED) is 0.923. The van der Waals surface area contributed by atoms with E-state index in [1.807, 2.05) is 12.1 Å². The number of hydrogen-bond acceptors (Lipinski definition) is 3. The molecule has 0 saturated carbocycles. The molecule has 5 heteroatoms. The van der Waals surface area contributed by atoms with E-state index >= 15 is 0 Å². The third kappa shape index (κ3) is 3.36. The van der Waals surface area contributed by atoms with Gasteiger partial charge in [0.25, 0.3) is 5.91 Å². The summed E-state index contributed by atoms with van der Waals surface area (Å²) in [6, 6.07) is 9.52. The largest absolute Gasteiger partial charge is 0.468 e. The summed E-state index contributed by atoms with van der Waals surface area (Å²) >= 11 is 0. The smallest absolute Gasteiger partial charge is 0.251 e. The SMILES string of the molecule is O=C(NCC(c1ccco1)N1CCCC1)c1cccc(F)c1. The Labute approximate surface area is 128 Å². The monoisotopic (exact) mass is 302 g/mol. The molecule has 2 aromatic rings. The van der Waals surface area contributed by atoms with Crippen LogP contribution >= 0.6 is 0 Å². The van der Waals surface area contributed by atoms with Gasteiger partial charge in [-0.2, -0.15) is 0 Å². The van der Waals surface area contributed by atoms with Gasteiger partial charge in [0.1, 0.15) is 11.6 Å². The predicted molar refractivity (Wildman–Crippen MR) is 81.0 cm³/mol. The van der Waals surface area contributed by atoms with Crippen molar-refractivity contribution in [3.63, 3.8) is 0 Å². The van der Waals surface area contributed by atoms with E-state index in [0.717, 1.165) is 31.7 Å². The number of benzene rings is 1. The van der Waals surface area contributed by atoms with Crippen LogP contribution in [0.25, 0.3) is 0 Å². The zero-order valence-corrected chi connectivity index (χ0v) is 12.3. The molecule has 116 valence electrons. The lowest BCUT2D eigenvalue weighted by Gasteiger charge is -2.26. The first-order chi connectivity index (χ1) is 10.7. The molecule has 22 heavy (non-hydrogen) atoms. The van der Waals surface area contributed by atoms with E-state index in [1.54, 1.807) is 12.3 Å². The Balaban J connectivity index is 1.67. The number of likely N-dealkylation sites (tertiary alicyclic amines) is 1. The van der Waals surface area contributed by atoms with E-state index < -0.39 is 5.82 Å². The minimum absolute atomic E-state index is 0.0232. The van der Waals surface area contributed by atoms with Gasteiger partial charge in [0, 0.05) is 12.1 Å². The number of carbonyl (C=O) groups is 1. The lowest BCUT2D eigenvalue weighted by Crippen LogP contribution is -2.36.